The molecule has 0 aliphatic heterocycles. The average molecular weight is 310 g/mol. The van der Waals surface area contributed by atoms with Crippen molar-refractivity contribution in [2.75, 3.05) is 0 Å². The Labute approximate surface area is 139 Å². The first-order valence-corrected chi connectivity index (χ1v) is 8.25. The van der Waals surface area contributed by atoms with Crippen molar-refractivity contribution in [3.05, 3.63) is 71.8 Å². The molecule has 0 aliphatic rings. The average Bonchev–Trinajstić information content (AvgIpc) is 2.61. The number of amides is 1. The Hall–Kier alpha value is -2.13. The monoisotopic (exact) mass is 310 g/mol. The summed E-state index contributed by atoms with van der Waals surface area (Å²) >= 11 is 0. The predicted molar refractivity (Wildman–Crippen MR) is 94.6 cm³/mol. The summed E-state index contributed by atoms with van der Waals surface area (Å²) in [5, 5.41) is 0. The molecule has 0 saturated carbocycles. The molecule has 0 aliphatic carbocycles. The fraction of sp³-hybridized carbons (Fsp3) is 0.350. The minimum atomic E-state index is -0.788. The summed E-state index contributed by atoms with van der Waals surface area (Å²) in [4.78, 5) is 14.9. The first kappa shape index (κ1) is 17.2. The van der Waals surface area contributed by atoms with Gasteiger partial charge in [0.15, 0.2) is 0 Å². The lowest BCUT2D eigenvalue weighted by molar-refractivity contribution is -0.138. The number of nitrogens with zero attached hydrogens (tertiary/aromatic N) is 1. The quantitative estimate of drug-likeness (QED) is 0.847. The number of carbonyl (C=O) groups excluding carboxylic acids is 1. The van der Waals surface area contributed by atoms with Crippen molar-refractivity contribution in [3.8, 4) is 0 Å². The number of hydrogen-bond acceptors (Lipinski definition) is 2. The normalized spacial score (nSPS) is 11.3. The Morgan fingerprint density at radius 2 is 1.26 bits per heavy atom. The van der Waals surface area contributed by atoms with Crippen molar-refractivity contribution >= 4 is 5.91 Å². The van der Waals surface area contributed by atoms with Gasteiger partial charge in [-0.3, -0.25) is 4.79 Å². The molecule has 3 heteroatoms. The molecule has 1 amide bonds. The van der Waals surface area contributed by atoms with E-state index in [2.05, 4.69) is 0 Å². The van der Waals surface area contributed by atoms with Crippen LogP contribution in [0.3, 0.4) is 0 Å². The molecule has 0 atom stereocenters. The Morgan fingerprint density at radius 3 is 1.61 bits per heavy atom. The predicted octanol–water partition coefficient (Wildman–Crippen LogP) is 3.73. The molecule has 2 aromatic rings. The number of carbonyl (C=O) groups is 1. The highest BCUT2D eigenvalue weighted by Gasteiger charge is 2.34. The van der Waals surface area contributed by atoms with Crippen molar-refractivity contribution in [2.24, 2.45) is 5.73 Å². The van der Waals surface area contributed by atoms with Crippen LogP contribution in [-0.2, 0) is 17.9 Å². The lowest BCUT2D eigenvalue weighted by Gasteiger charge is -2.33. The number of benzene rings is 2. The Bertz CT molecular complexity index is 565. The molecule has 0 radical (unpaired) electrons. The second kappa shape index (κ2) is 7.93. The van der Waals surface area contributed by atoms with Crippen molar-refractivity contribution in [1.29, 1.82) is 0 Å². The van der Waals surface area contributed by atoms with Crippen molar-refractivity contribution < 1.29 is 4.79 Å². The third kappa shape index (κ3) is 4.42. The van der Waals surface area contributed by atoms with Crippen LogP contribution in [0.25, 0.3) is 0 Å². The van der Waals surface area contributed by atoms with Gasteiger partial charge in [-0.1, -0.05) is 74.5 Å². The van der Waals surface area contributed by atoms with Crippen LogP contribution in [0.4, 0.5) is 0 Å². The van der Waals surface area contributed by atoms with Gasteiger partial charge in [-0.05, 0) is 24.0 Å². The largest absolute Gasteiger partial charge is 0.332 e. The Kier molecular flexibility index (Phi) is 5.94. The summed E-state index contributed by atoms with van der Waals surface area (Å²) in [6, 6.07) is 20.1. The maximum Gasteiger partial charge on any atom is 0.243 e. The van der Waals surface area contributed by atoms with Crippen LogP contribution < -0.4 is 5.73 Å². The molecule has 0 fully saturated rings. The van der Waals surface area contributed by atoms with E-state index in [1.807, 2.05) is 79.4 Å². The molecule has 2 rings (SSSR count). The van der Waals surface area contributed by atoms with E-state index in [1.54, 1.807) is 0 Å². The van der Waals surface area contributed by atoms with Gasteiger partial charge in [0.25, 0.3) is 0 Å². The molecule has 23 heavy (non-hydrogen) atoms. The summed E-state index contributed by atoms with van der Waals surface area (Å²) in [7, 11) is 0. The second-order valence-corrected chi connectivity index (χ2v) is 6.00. The van der Waals surface area contributed by atoms with Gasteiger partial charge in [-0.15, -0.1) is 0 Å². The van der Waals surface area contributed by atoms with Crippen LogP contribution in [0.2, 0.25) is 0 Å². The maximum absolute atomic E-state index is 13.0. The molecule has 0 spiro atoms. The highest BCUT2D eigenvalue weighted by Crippen LogP contribution is 2.19. The second-order valence-electron chi connectivity index (χ2n) is 6.00. The molecule has 3 nitrogen and oxygen atoms in total. The molecule has 0 unspecified atom stereocenters. The van der Waals surface area contributed by atoms with Crippen LogP contribution >= 0.6 is 0 Å². The highest BCUT2D eigenvalue weighted by atomic mass is 16.2. The van der Waals surface area contributed by atoms with Gasteiger partial charge in [0, 0.05) is 13.1 Å². The van der Waals surface area contributed by atoms with E-state index in [0.29, 0.717) is 25.9 Å². The van der Waals surface area contributed by atoms with E-state index < -0.39 is 5.54 Å². The molecule has 122 valence electrons. The Morgan fingerprint density at radius 1 is 0.870 bits per heavy atom. The SMILES string of the molecule is CCC(N)(CC)C(=O)N(Cc1ccccc1)Cc1ccccc1. The van der Waals surface area contributed by atoms with Gasteiger partial charge < -0.3 is 10.6 Å². The van der Waals surface area contributed by atoms with E-state index in [9.17, 15) is 4.79 Å². The van der Waals surface area contributed by atoms with Gasteiger partial charge in [0.2, 0.25) is 5.91 Å². The smallest absolute Gasteiger partial charge is 0.243 e. The summed E-state index contributed by atoms with van der Waals surface area (Å²) in [5.41, 5.74) is 7.80. The standard InChI is InChI=1S/C20H26N2O/c1-3-20(21,4-2)19(23)22(15-17-11-7-5-8-12-17)16-18-13-9-6-10-14-18/h5-14H,3-4,15-16,21H2,1-2H3. The van der Waals surface area contributed by atoms with E-state index in [0.717, 1.165) is 11.1 Å². The lowest BCUT2D eigenvalue weighted by Crippen LogP contribution is -2.54. The summed E-state index contributed by atoms with van der Waals surface area (Å²) in [6.45, 7) is 5.11. The zero-order valence-corrected chi connectivity index (χ0v) is 14.0. The van der Waals surface area contributed by atoms with Gasteiger partial charge in [-0.25, -0.2) is 0 Å². The molecule has 0 bridgehead atoms. The topological polar surface area (TPSA) is 46.3 Å². The van der Waals surface area contributed by atoms with E-state index >= 15 is 0 Å². The van der Waals surface area contributed by atoms with Crippen LogP contribution in [0, 0.1) is 0 Å². The molecular formula is C20H26N2O. The maximum atomic E-state index is 13.0. The lowest BCUT2D eigenvalue weighted by atomic mass is 9.92. The summed E-state index contributed by atoms with van der Waals surface area (Å²) in [5.74, 6) is 0.0233. The number of nitrogens with two attached hydrogens (primary N) is 1. The zero-order valence-electron chi connectivity index (χ0n) is 14.0. The molecule has 0 aromatic heterocycles. The first-order valence-electron chi connectivity index (χ1n) is 8.25. The molecule has 0 saturated heterocycles. The van der Waals surface area contributed by atoms with Gasteiger partial charge in [0.05, 0.1) is 5.54 Å². The van der Waals surface area contributed by atoms with Crippen molar-refractivity contribution in [3.63, 3.8) is 0 Å². The fourth-order valence-electron chi connectivity index (χ4n) is 2.67. The minimum absolute atomic E-state index is 0.0233. The van der Waals surface area contributed by atoms with Gasteiger partial charge in [0.1, 0.15) is 0 Å². The van der Waals surface area contributed by atoms with Crippen LogP contribution in [0.5, 0.6) is 0 Å². The van der Waals surface area contributed by atoms with E-state index in [1.165, 1.54) is 0 Å². The summed E-state index contributed by atoms with van der Waals surface area (Å²) < 4.78 is 0. The third-order valence-corrected chi connectivity index (χ3v) is 4.41. The molecule has 2 aromatic carbocycles. The third-order valence-electron chi connectivity index (χ3n) is 4.41. The minimum Gasteiger partial charge on any atom is -0.332 e. The number of rotatable bonds is 7. The first-order chi connectivity index (χ1) is 11.1. The van der Waals surface area contributed by atoms with Gasteiger partial charge in [-0.2, -0.15) is 0 Å². The molecule has 0 heterocycles. The van der Waals surface area contributed by atoms with Crippen molar-refractivity contribution in [2.45, 2.75) is 45.3 Å². The van der Waals surface area contributed by atoms with Gasteiger partial charge >= 0.3 is 0 Å². The molecule has 2 N–H and O–H groups in total. The van der Waals surface area contributed by atoms with Crippen LogP contribution in [-0.4, -0.2) is 16.3 Å². The summed E-state index contributed by atoms with van der Waals surface area (Å²) in [6.07, 6.45) is 1.28. The molecular weight excluding hydrogens is 284 g/mol. The van der Waals surface area contributed by atoms with Crippen molar-refractivity contribution in [1.82, 2.24) is 4.90 Å². The van der Waals surface area contributed by atoms with E-state index in [4.69, 9.17) is 5.73 Å². The highest BCUT2D eigenvalue weighted by molar-refractivity contribution is 5.86. The van der Waals surface area contributed by atoms with Crippen LogP contribution in [0.15, 0.2) is 60.7 Å². The van der Waals surface area contributed by atoms with Crippen LogP contribution in [0.1, 0.15) is 37.8 Å². The Balaban J connectivity index is 2.25. The van der Waals surface area contributed by atoms with E-state index in [-0.39, 0.29) is 5.91 Å². The zero-order chi connectivity index (χ0) is 16.7. The number of hydrogen-bond donors (Lipinski definition) is 1. The fourth-order valence-corrected chi connectivity index (χ4v) is 2.67.